The van der Waals surface area contributed by atoms with E-state index in [4.69, 9.17) is 0 Å². The minimum Gasteiger partial charge on any atom is -0.347 e. The van der Waals surface area contributed by atoms with E-state index in [-0.39, 0.29) is 11.9 Å². The van der Waals surface area contributed by atoms with E-state index in [1.165, 1.54) is 11.1 Å². The van der Waals surface area contributed by atoms with E-state index >= 15 is 0 Å². The normalized spacial score (nSPS) is 17.6. The molecule has 5 nitrogen and oxygen atoms in total. The van der Waals surface area contributed by atoms with Crippen LogP contribution in [0.25, 0.3) is 0 Å². The van der Waals surface area contributed by atoms with Crippen LogP contribution in [0.15, 0.2) is 36.7 Å². The van der Waals surface area contributed by atoms with Crippen LogP contribution in [-0.4, -0.2) is 33.9 Å². The zero-order valence-corrected chi connectivity index (χ0v) is 11.5. The monoisotopic (exact) mass is 270 g/mol. The van der Waals surface area contributed by atoms with Crippen molar-refractivity contribution in [2.75, 3.05) is 7.05 Å². The fraction of sp³-hybridized carbons (Fsp3) is 0.333. The molecule has 104 valence electrons. The number of rotatable bonds is 3. The maximum Gasteiger partial charge on any atom is 0.240 e. The molecule has 3 rings (SSSR count). The largest absolute Gasteiger partial charge is 0.347 e. The number of aromatic nitrogens is 2. The van der Waals surface area contributed by atoms with Crippen LogP contribution >= 0.6 is 0 Å². The number of H-pyrrole nitrogens is 1. The van der Waals surface area contributed by atoms with E-state index in [0.717, 1.165) is 18.8 Å². The number of carbonyl (C=O) groups excluding carboxylic acids is 1. The summed E-state index contributed by atoms with van der Waals surface area (Å²) in [7, 11) is 1.81. The first-order chi connectivity index (χ1) is 9.74. The predicted octanol–water partition coefficient (Wildman–Crippen LogP) is 1.08. The van der Waals surface area contributed by atoms with Gasteiger partial charge in [0.15, 0.2) is 0 Å². The molecule has 1 atom stereocenters. The molecule has 2 N–H and O–H groups in total. The first kappa shape index (κ1) is 12.9. The van der Waals surface area contributed by atoms with Crippen molar-refractivity contribution in [3.05, 3.63) is 53.6 Å². The quantitative estimate of drug-likeness (QED) is 0.877. The van der Waals surface area contributed by atoms with Crippen LogP contribution in [0, 0.1) is 0 Å². The molecular weight excluding hydrogens is 252 g/mol. The van der Waals surface area contributed by atoms with Crippen molar-refractivity contribution >= 4 is 5.91 Å². The second kappa shape index (κ2) is 5.46. The summed E-state index contributed by atoms with van der Waals surface area (Å²) in [6.07, 6.45) is 4.21. The standard InChI is InChI=1S/C15H18N4O/c1-19(10-14-16-6-7-17-14)15(20)13-8-11-4-2-3-5-12(11)9-18-13/h2-7,13,18H,8-10H2,1H3,(H,16,17)/t13-/m1/s1. The Morgan fingerprint density at radius 2 is 2.20 bits per heavy atom. The number of carbonyl (C=O) groups is 1. The zero-order valence-electron chi connectivity index (χ0n) is 11.5. The van der Waals surface area contributed by atoms with Crippen LogP contribution in [0.2, 0.25) is 0 Å². The summed E-state index contributed by atoms with van der Waals surface area (Å²) in [6, 6.07) is 8.12. The molecule has 0 fully saturated rings. The van der Waals surface area contributed by atoms with Crippen LogP contribution in [-0.2, 0) is 24.3 Å². The maximum atomic E-state index is 12.5. The smallest absolute Gasteiger partial charge is 0.240 e. The van der Waals surface area contributed by atoms with E-state index in [9.17, 15) is 4.79 Å². The van der Waals surface area contributed by atoms with E-state index in [1.54, 1.807) is 17.3 Å². The second-order valence-electron chi connectivity index (χ2n) is 5.14. The van der Waals surface area contributed by atoms with Gasteiger partial charge in [0.05, 0.1) is 12.6 Å². The van der Waals surface area contributed by atoms with Gasteiger partial charge in [-0.05, 0) is 17.5 Å². The summed E-state index contributed by atoms with van der Waals surface area (Å²) in [6.45, 7) is 1.26. The number of nitrogens with one attached hydrogen (secondary N) is 2. The van der Waals surface area contributed by atoms with Gasteiger partial charge in [0.25, 0.3) is 0 Å². The van der Waals surface area contributed by atoms with Crippen molar-refractivity contribution in [1.82, 2.24) is 20.2 Å². The highest BCUT2D eigenvalue weighted by molar-refractivity contribution is 5.82. The lowest BCUT2D eigenvalue weighted by atomic mass is 9.95. The Labute approximate surface area is 118 Å². The number of amides is 1. The lowest BCUT2D eigenvalue weighted by molar-refractivity contribution is -0.133. The molecule has 0 spiro atoms. The number of aromatic amines is 1. The molecule has 1 aliphatic rings. The van der Waals surface area contributed by atoms with Gasteiger partial charge in [-0.15, -0.1) is 0 Å². The van der Waals surface area contributed by atoms with Gasteiger partial charge in [-0.1, -0.05) is 24.3 Å². The molecule has 0 bridgehead atoms. The van der Waals surface area contributed by atoms with E-state index in [0.29, 0.717) is 6.54 Å². The Morgan fingerprint density at radius 1 is 1.40 bits per heavy atom. The summed E-state index contributed by atoms with van der Waals surface area (Å²) >= 11 is 0. The Morgan fingerprint density at radius 3 is 2.95 bits per heavy atom. The number of fused-ring (bicyclic) bond motifs is 1. The molecule has 2 aromatic rings. The number of hydrogen-bond acceptors (Lipinski definition) is 3. The van der Waals surface area contributed by atoms with Gasteiger partial charge in [0.1, 0.15) is 5.82 Å². The summed E-state index contributed by atoms with van der Waals surface area (Å²) in [5.41, 5.74) is 2.54. The van der Waals surface area contributed by atoms with E-state index in [1.807, 2.05) is 19.2 Å². The van der Waals surface area contributed by atoms with Crippen molar-refractivity contribution in [3.8, 4) is 0 Å². The molecule has 0 radical (unpaired) electrons. The zero-order chi connectivity index (χ0) is 13.9. The minimum absolute atomic E-state index is 0.107. The summed E-state index contributed by atoms with van der Waals surface area (Å²) in [5.74, 6) is 0.910. The Balaban J connectivity index is 1.66. The topological polar surface area (TPSA) is 61.0 Å². The SMILES string of the molecule is CN(Cc1ncc[nH]1)C(=O)[C@H]1Cc2ccccc2CN1. The van der Waals surface area contributed by atoms with Crippen molar-refractivity contribution in [2.45, 2.75) is 25.6 Å². The average Bonchev–Trinajstić information content (AvgIpc) is 2.99. The van der Waals surface area contributed by atoms with Gasteiger partial charge in [0.2, 0.25) is 5.91 Å². The van der Waals surface area contributed by atoms with Gasteiger partial charge in [-0.25, -0.2) is 4.98 Å². The van der Waals surface area contributed by atoms with Crippen LogP contribution in [0.3, 0.4) is 0 Å². The number of hydrogen-bond donors (Lipinski definition) is 2. The molecule has 5 heteroatoms. The molecule has 0 aliphatic carbocycles. The van der Waals surface area contributed by atoms with Crippen molar-refractivity contribution in [3.63, 3.8) is 0 Å². The Bertz CT molecular complexity index is 594. The van der Waals surface area contributed by atoms with Gasteiger partial charge in [-0.2, -0.15) is 0 Å². The van der Waals surface area contributed by atoms with Crippen LogP contribution in [0.5, 0.6) is 0 Å². The van der Waals surface area contributed by atoms with Crippen molar-refractivity contribution < 1.29 is 4.79 Å². The lowest BCUT2D eigenvalue weighted by Gasteiger charge is -2.28. The molecule has 1 aliphatic heterocycles. The average molecular weight is 270 g/mol. The highest BCUT2D eigenvalue weighted by Crippen LogP contribution is 2.17. The second-order valence-corrected chi connectivity index (χ2v) is 5.14. The lowest BCUT2D eigenvalue weighted by Crippen LogP contribution is -2.48. The molecule has 2 heterocycles. The molecule has 20 heavy (non-hydrogen) atoms. The van der Waals surface area contributed by atoms with Gasteiger partial charge in [-0.3, -0.25) is 4.79 Å². The first-order valence-corrected chi connectivity index (χ1v) is 6.77. The first-order valence-electron chi connectivity index (χ1n) is 6.77. The minimum atomic E-state index is -0.148. The molecule has 0 saturated carbocycles. The van der Waals surface area contributed by atoms with Crippen molar-refractivity contribution in [2.24, 2.45) is 0 Å². The van der Waals surface area contributed by atoms with Crippen LogP contribution in [0.4, 0.5) is 0 Å². The van der Waals surface area contributed by atoms with E-state index < -0.39 is 0 Å². The number of likely N-dealkylation sites (N-methyl/N-ethyl adjacent to an activating group) is 1. The van der Waals surface area contributed by atoms with Crippen molar-refractivity contribution in [1.29, 1.82) is 0 Å². The third kappa shape index (κ3) is 2.58. The third-order valence-corrected chi connectivity index (χ3v) is 3.70. The van der Waals surface area contributed by atoms with Gasteiger partial charge < -0.3 is 15.2 Å². The van der Waals surface area contributed by atoms with Gasteiger partial charge in [0, 0.05) is 26.0 Å². The molecule has 0 unspecified atom stereocenters. The summed E-state index contributed by atoms with van der Waals surface area (Å²) < 4.78 is 0. The highest BCUT2D eigenvalue weighted by atomic mass is 16.2. The number of imidazole rings is 1. The summed E-state index contributed by atoms with van der Waals surface area (Å²) in [5, 5.41) is 3.31. The molecule has 1 amide bonds. The summed E-state index contributed by atoms with van der Waals surface area (Å²) in [4.78, 5) is 21.3. The van der Waals surface area contributed by atoms with E-state index in [2.05, 4.69) is 27.4 Å². The predicted molar refractivity (Wildman–Crippen MR) is 75.8 cm³/mol. The Kier molecular flexibility index (Phi) is 3.52. The molecule has 0 saturated heterocycles. The fourth-order valence-corrected chi connectivity index (χ4v) is 2.58. The molecular formula is C15H18N4O. The van der Waals surface area contributed by atoms with Crippen LogP contribution in [0.1, 0.15) is 17.0 Å². The maximum absolute atomic E-state index is 12.5. The van der Waals surface area contributed by atoms with Gasteiger partial charge >= 0.3 is 0 Å². The highest BCUT2D eigenvalue weighted by Gasteiger charge is 2.26. The molecule has 1 aromatic heterocycles. The third-order valence-electron chi connectivity index (χ3n) is 3.70. The Hall–Kier alpha value is -2.14. The number of nitrogens with zero attached hydrogens (tertiary/aromatic N) is 2. The fourth-order valence-electron chi connectivity index (χ4n) is 2.58. The molecule has 1 aromatic carbocycles. The van der Waals surface area contributed by atoms with Crippen LogP contribution < -0.4 is 5.32 Å². The number of benzene rings is 1.